The van der Waals surface area contributed by atoms with Crippen molar-refractivity contribution < 1.29 is 143 Å². The lowest BCUT2D eigenvalue weighted by atomic mass is 9.79. The van der Waals surface area contributed by atoms with Gasteiger partial charge in [0.05, 0.1) is 74.6 Å². The van der Waals surface area contributed by atoms with Crippen LogP contribution < -0.4 is 60.8 Å². The topological polar surface area (TPSA) is 296 Å². The quantitative estimate of drug-likeness (QED) is 0.0303. The normalized spacial score (nSPS) is 44.6. The molecule has 120 heavy (non-hydrogen) atoms. The van der Waals surface area contributed by atoms with Gasteiger partial charge in [0.2, 0.25) is 0 Å². The van der Waals surface area contributed by atoms with E-state index in [1.165, 1.54) is 56.1 Å². The molecule has 0 bridgehead atoms. The number of piperidine rings is 4. The first kappa shape index (κ1) is 48.9. The number of rotatable bonds is 28. The predicted octanol–water partition coefficient (Wildman–Crippen LogP) is 14.3. The van der Waals surface area contributed by atoms with Crippen molar-refractivity contribution in [3.63, 3.8) is 0 Å². The summed E-state index contributed by atoms with van der Waals surface area (Å²) < 4.78 is 501. The Balaban J connectivity index is 0.000000247. The summed E-state index contributed by atoms with van der Waals surface area (Å²) in [6, 6.07) is -11.4. The van der Waals surface area contributed by atoms with Crippen LogP contribution in [-0.2, 0) is 63.6 Å². The van der Waals surface area contributed by atoms with Crippen LogP contribution in [-0.4, -0.2) is 201 Å². The minimum absolute atomic E-state index is 0.0413. The molecular weight excluding hydrogens is 1520 g/mol. The number of aryl methyl sites for hydroxylation is 4. The van der Waals surface area contributed by atoms with Crippen molar-refractivity contribution in [2.75, 3.05) is 109 Å². The highest BCUT2D eigenvalue weighted by Gasteiger charge is 2.47. The first-order valence-corrected chi connectivity index (χ1v) is 39.5. The molecule has 0 aromatic heterocycles. The van der Waals surface area contributed by atoms with Crippen LogP contribution in [0, 0.1) is 70.9 Å². The van der Waals surface area contributed by atoms with Gasteiger partial charge < -0.3 is 79.8 Å². The Kier molecular flexibility index (Phi) is 17.9. The van der Waals surface area contributed by atoms with E-state index in [-0.39, 0.29) is 42.6 Å². The highest BCUT2D eigenvalue weighted by molar-refractivity contribution is 5.77. The van der Waals surface area contributed by atoms with E-state index < -0.39 is 378 Å². The van der Waals surface area contributed by atoms with E-state index in [1.807, 2.05) is 0 Å². The summed E-state index contributed by atoms with van der Waals surface area (Å²) in [6.07, 6.45) is -42.2. The molecule has 8 aliphatic heterocycles. The standard InChI is InChI=1S/4C24H38N2O4/c4*1-14(2)9-17-13-26-8-7-16-10-21(28-5)22(29-6)11-18(16)19(26)12-20(17)30-24(27)23(25)15(3)4/h4*10-11,14-15,17,19-20,23H,7-9,12-13,25H2,1-6H3/t4*17?,19?,20?,23-/m0000/s1/i5D3,7D2,8D2,12D2,13D2,17D,19D,20D;2*7D2,8D2,12D2,13D2,17D,19D,20D;5D3,7D2,8D2,12D2,13D2,17D,19D. The van der Waals surface area contributed by atoms with Crippen LogP contribution in [0.3, 0.4) is 0 Å². The molecule has 4 fully saturated rings. The van der Waals surface area contributed by atoms with Gasteiger partial charge >= 0.3 is 23.9 Å². The molecule has 0 spiro atoms. The third-order valence-corrected chi connectivity index (χ3v) is 19.4. The average Bonchev–Trinajstić information content (AvgIpc) is 0.639. The zero-order valence-corrected chi connectivity index (χ0v) is 72.1. The summed E-state index contributed by atoms with van der Waals surface area (Å²) in [5.74, 6) is -24.2. The van der Waals surface area contributed by atoms with E-state index in [0.717, 1.165) is 62.8 Å². The molecule has 0 saturated carbocycles. The second-order valence-electron chi connectivity index (χ2n) is 32.0. The number of esters is 4. The highest BCUT2D eigenvalue weighted by Crippen LogP contribution is 2.50. The molecule has 4 aromatic carbocycles. The van der Waals surface area contributed by atoms with Gasteiger partial charge in [0, 0.05) is 174 Å². The monoisotopic (exact) mass is 1720 g/mol. The Morgan fingerprint density at radius 1 is 0.342 bits per heavy atom. The Labute approximate surface area is 787 Å². The molecule has 4 aromatic rings. The SMILES string of the molecule is [2H]C([2H])([2H])Oc1cc2c(cc1OC)C1([2H])N(C([2H])([2H])C2([2H])[2H])C([2H])([2H])C([2H])(CC(C)C)C(OC(=O)[C@@H](N)C(C)C)C1([2H])[2H].[2H]C([2H])([2H])Oc1cc2c(cc1OC)C1([2H])N(C([2H])([2H])C2([2H])[2H])C([2H])([2H])C([2H])(CC(C)C)C([2H])(OC(=O)[C@@H](N)C(C)C)C1([2H])[2H].[2H]C1([2H])c2cc(OC)c(OC)cc2C2([2H])N(C1([2H])[2H])C([2H])([2H])C([2H])(CC(C)C)C([2H])(OC(=O)[C@@H](N)C(C)C)C2([2H])[2H].[2H]C1([2H])c2cc(OC)c(OC)cc2C2([2H])N(C1([2H])[2H])C([2H])([2H])C([2H])(CC(C)C)C([2H])(OC(=O)[C@@H](N)C(C)C)C2([2H])[2H]. The summed E-state index contributed by atoms with van der Waals surface area (Å²) in [7, 11) is 0.955. The van der Waals surface area contributed by atoms with Crippen molar-refractivity contribution in [2.24, 2.45) is 93.9 Å². The van der Waals surface area contributed by atoms with Crippen LogP contribution in [0.5, 0.6) is 46.0 Å². The van der Waals surface area contributed by atoms with E-state index in [0.29, 0.717) is 0 Å². The van der Waals surface area contributed by atoms with Gasteiger partial charge in [-0.3, -0.25) is 38.8 Å². The maximum Gasteiger partial charge on any atom is 0.323 e. The third-order valence-electron chi connectivity index (χ3n) is 19.4. The maximum absolute atomic E-state index is 13.2. The van der Waals surface area contributed by atoms with Gasteiger partial charge in [-0.15, -0.1) is 0 Å². The Morgan fingerprint density at radius 2 is 0.558 bits per heavy atom. The molecule has 4 saturated heterocycles. The van der Waals surface area contributed by atoms with Crippen LogP contribution in [0.25, 0.3) is 0 Å². The van der Waals surface area contributed by atoms with Crippen LogP contribution in [0.2, 0.25) is 0 Å². The molecule has 8 heterocycles. The van der Waals surface area contributed by atoms with Crippen molar-refractivity contribution in [3.05, 3.63) is 93.0 Å². The van der Waals surface area contributed by atoms with Gasteiger partial charge in [-0.05, 0) is 192 Å². The van der Waals surface area contributed by atoms with Gasteiger partial charge in [-0.25, -0.2) is 0 Å². The minimum Gasteiger partial charge on any atom is -0.493 e. The predicted molar refractivity (Wildman–Crippen MR) is 471 cm³/mol. The molecule has 24 heteroatoms. The highest BCUT2D eigenvalue weighted by atomic mass is 16.6. The number of hydrogen-bond acceptors (Lipinski definition) is 24. The van der Waals surface area contributed by atoms with Crippen LogP contribution >= 0.6 is 0 Å². The fourth-order valence-corrected chi connectivity index (χ4v) is 12.5. The maximum atomic E-state index is 13.2. The summed E-state index contributed by atoms with van der Waals surface area (Å²) in [5, 5.41) is 0. The smallest absolute Gasteiger partial charge is 0.323 e. The molecular formula is C96H152N8O16. The van der Waals surface area contributed by atoms with Crippen molar-refractivity contribution in [2.45, 2.75) is 260 Å². The first-order valence-electron chi connectivity index (χ1n) is 64.0. The van der Waals surface area contributed by atoms with Crippen LogP contribution in [0.4, 0.5) is 0 Å². The fraction of sp³-hybridized carbons (Fsp3) is 0.708. The third kappa shape index (κ3) is 23.8. The summed E-state index contributed by atoms with van der Waals surface area (Å²) in [5.41, 5.74) is 18.5. The lowest BCUT2D eigenvalue weighted by Crippen LogP contribution is -2.51. The molecule has 24 nitrogen and oxygen atoms in total. The van der Waals surface area contributed by atoms with Crippen LogP contribution in [0.1, 0.15) is 298 Å². The van der Waals surface area contributed by atoms with Gasteiger partial charge in [0.1, 0.15) is 48.5 Å². The van der Waals surface area contributed by atoms with Crippen molar-refractivity contribution in [3.8, 4) is 46.0 Å². The fourth-order valence-electron chi connectivity index (χ4n) is 12.5. The number of fused-ring (bicyclic) bond motifs is 12. The molecule has 0 aliphatic carbocycles. The molecule has 8 N–H and O–H groups in total. The van der Waals surface area contributed by atoms with E-state index in [4.69, 9.17) is 121 Å². The molecule has 12 unspecified atom stereocenters. The molecule has 8 aliphatic rings. The molecule has 672 valence electrons. The van der Waals surface area contributed by atoms with Crippen molar-refractivity contribution in [1.82, 2.24) is 19.6 Å². The van der Waals surface area contributed by atoms with Gasteiger partial charge in [0.15, 0.2) is 46.0 Å². The zero-order valence-electron chi connectivity index (χ0n) is 121. The minimum atomic E-state index is -3.70. The zero-order chi connectivity index (χ0) is 132. The number of carbonyl (C=O) groups is 4. The van der Waals surface area contributed by atoms with Crippen molar-refractivity contribution >= 4 is 23.9 Å². The van der Waals surface area contributed by atoms with Crippen LogP contribution in [0.15, 0.2) is 48.5 Å². The summed E-state index contributed by atoms with van der Waals surface area (Å²) in [6.45, 7) is -2.99. The number of carbonyl (C=O) groups excluding carboxylic acids is 4. The molecule has 0 amide bonds. The second kappa shape index (κ2) is 43.9. The largest absolute Gasteiger partial charge is 0.493 e. The van der Waals surface area contributed by atoms with E-state index in [1.54, 1.807) is 83.1 Å². The number of ether oxygens (including phenoxy) is 12. The van der Waals surface area contributed by atoms with Gasteiger partial charge in [-0.1, -0.05) is 111 Å². The number of benzene rings is 4. The summed E-state index contributed by atoms with van der Waals surface area (Å²) >= 11 is 0. The molecule has 0 radical (unpaired) electrons. The number of nitrogens with two attached hydrogens (primary N) is 4. The van der Waals surface area contributed by atoms with E-state index in [2.05, 4.69) is 0 Å². The van der Waals surface area contributed by atoms with Gasteiger partial charge in [-0.2, -0.15) is 0 Å². The Hall–Kier alpha value is -7.16. The van der Waals surface area contributed by atoms with E-state index >= 15 is 0 Å². The number of nitrogens with zero attached hydrogens (tertiary/aromatic N) is 4. The molecule has 16 atom stereocenters. The lowest BCUT2D eigenvalue weighted by molar-refractivity contribution is -0.161. The van der Waals surface area contributed by atoms with E-state index in [9.17, 15) is 45.2 Å². The second-order valence-corrected chi connectivity index (χ2v) is 32.0. The van der Waals surface area contributed by atoms with Gasteiger partial charge in [0.25, 0.3) is 0 Å². The number of hydrogen-bond donors (Lipinski definition) is 4. The van der Waals surface area contributed by atoms with Crippen molar-refractivity contribution in [1.29, 1.82) is 0 Å². The summed E-state index contributed by atoms with van der Waals surface area (Å²) in [4.78, 5) is 52.8. The number of methoxy groups -OCH3 is 8. The first-order chi connectivity index (χ1) is 75.4. The lowest BCUT2D eigenvalue weighted by Gasteiger charge is -2.47. The molecule has 12 rings (SSSR count). The Bertz CT molecular complexity index is 6310. The Morgan fingerprint density at radius 3 is 0.792 bits per heavy atom. The average molecular weight is 1720 g/mol.